The van der Waals surface area contributed by atoms with Crippen molar-refractivity contribution in [1.82, 2.24) is 10.3 Å². The smallest absolute Gasteiger partial charge is 0.290 e. The molecular formula is C20H12N2O3S. The number of hydrogen-bond acceptors (Lipinski definition) is 5. The Labute approximate surface area is 153 Å². The van der Waals surface area contributed by atoms with Crippen LogP contribution < -0.4 is 5.32 Å². The van der Waals surface area contributed by atoms with Gasteiger partial charge < -0.3 is 4.42 Å². The zero-order valence-electron chi connectivity index (χ0n) is 13.7. The van der Waals surface area contributed by atoms with Crippen LogP contribution in [0.2, 0.25) is 0 Å². The number of fused-ring (bicyclic) bond motifs is 1. The summed E-state index contributed by atoms with van der Waals surface area (Å²) in [7, 11) is 0. The van der Waals surface area contributed by atoms with Gasteiger partial charge >= 0.3 is 0 Å². The lowest BCUT2D eigenvalue weighted by Gasteiger charge is -1.95. The molecule has 1 aliphatic rings. The van der Waals surface area contributed by atoms with E-state index in [9.17, 15) is 9.59 Å². The standard InChI is InChI=1S/C20H12N2O3S/c1-12-4-2-3-5-13(12)6-7-14-10-21-11-15-8-16(25-18(14)15)9-17-19(23)22-20(24)26-17/h2-5,8-11H,1H3,(H,22,23,24)/b17-9-. The molecule has 3 aromatic rings. The number of pyridine rings is 1. The number of furan rings is 1. The summed E-state index contributed by atoms with van der Waals surface area (Å²) >= 11 is 0.850. The summed E-state index contributed by atoms with van der Waals surface area (Å²) in [6.45, 7) is 2.01. The predicted octanol–water partition coefficient (Wildman–Crippen LogP) is 3.86. The SMILES string of the molecule is Cc1ccccc1C#Cc1cncc2cc(/C=C3\SC(=O)NC3=O)oc12. The van der Waals surface area contributed by atoms with Crippen LogP contribution in [0, 0.1) is 18.8 Å². The van der Waals surface area contributed by atoms with Crippen molar-refractivity contribution in [3.05, 3.63) is 70.1 Å². The molecule has 126 valence electrons. The summed E-state index contributed by atoms with van der Waals surface area (Å²) in [5.41, 5.74) is 3.30. The van der Waals surface area contributed by atoms with E-state index in [4.69, 9.17) is 4.42 Å². The van der Waals surface area contributed by atoms with Crippen molar-refractivity contribution in [2.45, 2.75) is 6.92 Å². The molecule has 0 aliphatic carbocycles. The highest BCUT2D eigenvalue weighted by Crippen LogP contribution is 2.28. The van der Waals surface area contributed by atoms with Gasteiger partial charge in [-0.1, -0.05) is 30.0 Å². The number of benzene rings is 1. The highest BCUT2D eigenvalue weighted by atomic mass is 32.2. The monoisotopic (exact) mass is 360 g/mol. The number of nitrogens with one attached hydrogen (secondary N) is 1. The number of carbonyl (C=O) groups excluding carboxylic acids is 2. The number of aromatic nitrogens is 1. The first kappa shape index (κ1) is 16.2. The molecule has 4 rings (SSSR count). The lowest BCUT2D eigenvalue weighted by Crippen LogP contribution is -2.17. The lowest BCUT2D eigenvalue weighted by molar-refractivity contribution is -0.115. The summed E-state index contributed by atoms with van der Waals surface area (Å²) in [6, 6.07) is 9.65. The molecule has 1 aliphatic heterocycles. The van der Waals surface area contributed by atoms with Crippen LogP contribution in [-0.4, -0.2) is 16.1 Å². The predicted molar refractivity (Wildman–Crippen MR) is 100 cm³/mol. The van der Waals surface area contributed by atoms with E-state index in [0.717, 1.165) is 28.3 Å². The van der Waals surface area contributed by atoms with Crippen LogP contribution in [0.5, 0.6) is 0 Å². The first-order valence-electron chi connectivity index (χ1n) is 7.80. The van der Waals surface area contributed by atoms with Crippen LogP contribution in [0.3, 0.4) is 0 Å². The zero-order chi connectivity index (χ0) is 18.1. The molecule has 1 fully saturated rings. The number of nitrogens with zero attached hydrogens (tertiary/aromatic N) is 1. The molecule has 0 unspecified atom stereocenters. The molecule has 0 saturated carbocycles. The van der Waals surface area contributed by atoms with Crippen molar-refractivity contribution >= 4 is 40.0 Å². The molecule has 2 amide bonds. The summed E-state index contributed by atoms with van der Waals surface area (Å²) < 4.78 is 5.84. The van der Waals surface area contributed by atoms with Gasteiger partial charge in [-0.05, 0) is 36.4 Å². The number of imide groups is 1. The van der Waals surface area contributed by atoms with Crippen molar-refractivity contribution in [3.63, 3.8) is 0 Å². The second kappa shape index (κ2) is 6.54. The highest BCUT2D eigenvalue weighted by molar-refractivity contribution is 8.18. The van der Waals surface area contributed by atoms with E-state index in [1.54, 1.807) is 24.5 Å². The van der Waals surface area contributed by atoms with Gasteiger partial charge in [-0.25, -0.2) is 0 Å². The van der Waals surface area contributed by atoms with E-state index in [1.807, 2.05) is 31.2 Å². The van der Waals surface area contributed by atoms with E-state index >= 15 is 0 Å². The molecular weight excluding hydrogens is 348 g/mol. The van der Waals surface area contributed by atoms with Crippen molar-refractivity contribution in [3.8, 4) is 11.8 Å². The third-order valence-electron chi connectivity index (χ3n) is 3.83. The number of hydrogen-bond donors (Lipinski definition) is 1. The minimum atomic E-state index is -0.418. The van der Waals surface area contributed by atoms with E-state index < -0.39 is 5.91 Å². The third kappa shape index (κ3) is 3.13. The Morgan fingerprint density at radius 1 is 1.15 bits per heavy atom. The summed E-state index contributed by atoms with van der Waals surface area (Å²) in [6.07, 6.45) is 4.87. The fourth-order valence-corrected chi connectivity index (χ4v) is 3.20. The van der Waals surface area contributed by atoms with Crippen LogP contribution in [0.4, 0.5) is 4.79 Å². The quantitative estimate of drug-likeness (QED) is 0.527. The highest BCUT2D eigenvalue weighted by Gasteiger charge is 2.25. The number of amides is 2. The Bertz CT molecular complexity index is 1150. The number of carbonyl (C=O) groups is 2. The number of aryl methyl sites for hydroxylation is 1. The summed E-state index contributed by atoms with van der Waals surface area (Å²) in [5.74, 6) is 6.29. The average molecular weight is 360 g/mol. The van der Waals surface area contributed by atoms with Gasteiger partial charge in [0.1, 0.15) is 5.76 Å². The van der Waals surface area contributed by atoms with Gasteiger partial charge in [-0.2, -0.15) is 0 Å². The summed E-state index contributed by atoms with van der Waals surface area (Å²) in [4.78, 5) is 27.4. The Kier molecular flexibility index (Phi) is 4.07. The molecule has 1 N–H and O–H groups in total. The second-order valence-corrected chi connectivity index (χ2v) is 6.69. The maximum Gasteiger partial charge on any atom is 0.290 e. The molecule has 1 aromatic carbocycles. The Morgan fingerprint density at radius 3 is 2.73 bits per heavy atom. The van der Waals surface area contributed by atoms with Crippen molar-refractivity contribution in [1.29, 1.82) is 0 Å². The minimum absolute atomic E-state index is 0.301. The zero-order valence-corrected chi connectivity index (χ0v) is 14.5. The van der Waals surface area contributed by atoms with Crippen LogP contribution in [-0.2, 0) is 4.79 Å². The maximum atomic E-state index is 11.7. The van der Waals surface area contributed by atoms with Gasteiger partial charge in [-0.3, -0.25) is 19.9 Å². The second-order valence-electron chi connectivity index (χ2n) is 5.67. The lowest BCUT2D eigenvalue weighted by atomic mass is 10.1. The molecule has 0 spiro atoms. The van der Waals surface area contributed by atoms with Gasteiger partial charge in [0.2, 0.25) is 0 Å². The van der Waals surface area contributed by atoms with Crippen molar-refractivity contribution in [2.24, 2.45) is 0 Å². The van der Waals surface area contributed by atoms with E-state index in [2.05, 4.69) is 22.1 Å². The van der Waals surface area contributed by atoms with Gasteiger partial charge in [-0.15, -0.1) is 0 Å². The maximum absolute atomic E-state index is 11.7. The van der Waals surface area contributed by atoms with Crippen LogP contribution in [0.1, 0.15) is 22.5 Å². The molecule has 5 nitrogen and oxygen atoms in total. The van der Waals surface area contributed by atoms with Crippen molar-refractivity contribution < 1.29 is 14.0 Å². The minimum Gasteiger partial charge on any atom is -0.455 e. The van der Waals surface area contributed by atoms with Crippen LogP contribution >= 0.6 is 11.8 Å². The Morgan fingerprint density at radius 2 is 1.96 bits per heavy atom. The van der Waals surface area contributed by atoms with Crippen molar-refractivity contribution in [2.75, 3.05) is 0 Å². The molecule has 6 heteroatoms. The van der Waals surface area contributed by atoms with Gasteiger partial charge in [0, 0.05) is 29.4 Å². The molecule has 0 bridgehead atoms. The van der Waals surface area contributed by atoms with E-state index in [1.165, 1.54) is 0 Å². The van der Waals surface area contributed by atoms with Crippen LogP contribution in [0.15, 0.2) is 52.0 Å². The van der Waals surface area contributed by atoms with Gasteiger partial charge in [0.05, 0.1) is 10.5 Å². The fourth-order valence-electron chi connectivity index (χ4n) is 2.54. The molecule has 2 aromatic heterocycles. The number of thioether (sulfide) groups is 1. The fraction of sp³-hybridized carbons (Fsp3) is 0.0500. The molecule has 1 saturated heterocycles. The Balaban J connectivity index is 1.73. The van der Waals surface area contributed by atoms with Gasteiger partial charge in [0.15, 0.2) is 5.58 Å². The molecule has 3 heterocycles. The van der Waals surface area contributed by atoms with E-state index in [-0.39, 0.29) is 5.24 Å². The molecule has 0 atom stereocenters. The first-order valence-corrected chi connectivity index (χ1v) is 8.62. The molecule has 26 heavy (non-hydrogen) atoms. The molecule has 0 radical (unpaired) electrons. The van der Waals surface area contributed by atoms with Gasteiger partial charge in [0.25, 0.3) is 11.1 Å². The average Bonchev–Trinajstić information content (AvgIpc) is 3.17. The first-order chi connectivity index (χ1) is 12.6. The Hall–Kier alpha value is -3.30. The van der Waals surface area contributed by atoms with Crippen LogP contribution in [0.25, 0.3) is 17.0 Å². The number of rotatable bonds is 1. The normalized spacial score (nSPS) is 15.2. The third-order valence-corrected chi connectivity index (χ3v) is 4.64. The largest absolute Gasteiger partial charge is 0.455 e. The van der Waals surface area contributed by atoms with E-state index in [0.29, 0.717) is 21.8 Å². The summed E-state index contributed by atoms with van der Waals surface area (Å²) in [5, 5.41) is 2.61. The topological polar surface area (TPSA) is 72.2 Å².